The van der Waals surface area contributed by atoms with Crippen molar-refractivity contribution in [1.29, 1.82) is 0 Å². The Morgan fingerprint density at radius 3 is 1.71 bits per heavy atom. The molecule has 0 bridgehead atoms. The van der Waals surface area contributed by atoms with Gasteiger partial charge < -0.3 is 0 Å². The van der Waals surface area contributed by atoms with Crippen LogP contribution in [-0.4, -0.2) is 15.0 Å². The molecular weight excluding hydrogens is 510 g/mol. The van der Waals surface area contributed by atoms with Gasteiger partial charge in [0.2, 0.25) is 0 Å². The summed E-state index contributed by atoms with van der Waals surface area (Å²) in [6.07, 6.45) is 0. The number of aromatic nitrogens is 3. The van der Waals surface area contributed by atoms with Crippen molar-refractivity contribution in [2.24, 2.45) is 0 Å². The van der Waals surface area contributed by atoms with Gasteiger partial charge in [0, 0.05) is 16.5 Å². The maximum Gasteiger partial charge on any atom is 0.179 e. The summed E-state index contributed by atoms with van der Waals surface area (Å²) in [6.45, 7) is 0. The highest BCUT2D eigenvalue weighted by Gasteiger charge is 2.13. The van der Waals surface area contributed by atoms with Crippen LogP contribution in [0.5, 0.6) is 0 Å². The molecule has 8 rings (SSSR count). The van der Waals surface area contributed by atoms with Gasteiger partial charge >= 0.3 is 0 Å². The Labute approximate surface area is 243 Å². The number of benzene rings is 6. The summed E-state index contributed by atoms with van der Waals surface area (Å²) in [4.78, 5) is 14.9. The molecule has 3 heteroatoms. The Bertz CT molecular complexity index is 2240. The van der Waals surface area contributed by atoms with Crippen LogP contribution in [0.2, 0.25) is 0 Å². The van der Waals surface area contributed by atoms with E-state index in [1.807, 2.05) is 42.5 Å². The number of para-hydroxylation sites is 1. The fourth-order valence-corrected chi connectivity index (χ4v) is 5.77. The monoisotopic (exact) mass is 535 g/mol. The fourth-order valence-electron chi connectivity index (χ4n) is 5.77. The van der Waals surface area contributed by atoms with Crippen molar-refractivity contribution >= 4 is 32.4 Å². The molecule has 6 aromatic carbocycles. The van der Waals surface area contributed by atoms with E-state index >= 15 is 0 Å². The van der Waals surface area contributed by atoms with Crippen molar-refractivity contribution in [2.75, 3.05) is 0 Å². The van der Waals surface area contributed by atoms with Crippen LogP contribution in [0.15, 0.2) is 152 Å². The quantitative estimate of drug-likeness (QED) is 0.211. The maximum atomic E-state index is 5.03. The molecule has 0 N–H and O–H groups in total. The van der Waals surface area contributed by atoms with Crippen LogP contribution >= 0.6 is 0 Å². The van der Waals surface area contributed by atoms with E-state index in [1.54, 1.807) is 0 Å². The number of rotatable bonds is 4. The Kier molecular flexibility index (Phi) is 5.79. The highest BCUT2D eigenvalue weighted by molar-refractivity contribution is 6.13. The second kappa shape index (κ2) is 10.1. The van der Waals surface area contributed by atoms with E-state index < -0.39 is 0 Å². The summed E-state index contributed by atoms with van der Waals surface area (Å²) in [5.41, 5.74) is 7.90. The molecule has 0 atom stereocenters. The predicted octanol–water partition coefficient (Wildman–Crippen LogP) is 10.00. The molecular formula is C39H25N3. The zero-order valence-corrected chi connectivity index (χ0v) is 22.8. The number of nitrogens with zero attached hydrogens (tertiary/aromatic N) is 3. The molecule has 42 heavy (non-hydrogen) atoms. The van der Waals surface area contributed by atoms with Crippen molar-refractivity contribution in [3.8, 4) is 45.2 Å². The van der Waals surface area contributed by atoms with Gasteiger partial charge in [-0.1, -0.05) is 127 Å². The Hall–Kier alpha value is -5.67. The summed E-state index contributed by atoms with van der Waals surface area (Å²) < 4.78 is 0. The van der Waals surface area contributed by atoms with Crippen molar-refractivity contribution in [1.82, 2.24) is 15.0 Å². The molecule has 3 nitrogen and oxygen atoms in total. The molecule has 0 radical (unpaired) electrons. The van der Waals surface area contributed by atoms with Crippen LogP contribution in [0.1, 0.15) is 0 Å². The molecule has 2 aromatic heterocycles. The lowest BCUT2D eigenvalue weighted by molar-refractivity contribution is 1.16. The van der Waals surface area contributed by atoms with E-state index in [-0.39, 0.29) is 0 Å². The molecule has 0 aliphatic heterocycles. The third-order valence-electron chi connectivity index (χ3n) is 7.88. The topological polar surface area (TPSA) is 38.7 Å². The van der Waals surface area contributed by atoms with Crippen molar-refractivity contribution in [2.45, 2.75) is 0 Å². The van der Waals surface area contributed by atoms with Crippen LogP contribution in [0.25, 0.3) is 77.6 Å². The summed E-state index contributed by atoms with van der Waals surface area (Å²) >= 11 is 0. The van der Waals surface area contributed by atoms with E-state index in [9.17, 15) is 0 Å². The number of hydrogen-bond acceptors (Lipinski definition) is 3. The SMILES string of the molecule is c1ccc(-c2cc(-c3ccc(-c4cc5ccccc5c5ccccc45)cc3)nc(-c3ccc4ccccc4n3)n2)cc1. The summed E-state index contributed by atoms with van der Waals surface area (Å²) in [6, 6.07) is 52.8. The highest BCUT2D eigenvalue weighted by Crippen LogP contribution is 2.36. The van der Waals surface area contributed by atoms with Crippen molar-refractivity contribution in [3.63, 3.8) is 0 Å². The number of hydrogen-bond donors (Lipinski definition) is 0. The van der Waals surface area contributed by atoms with Gasteiger partial charge in [-0.05, 0) is 56.9 Å². The summed E-state index contributed by atoms with van der Waals surface area (Å²) in [7, 11) is 0. The van der Waals surface area contributed by atoms with Gasteiger partial charge in [0.05, 0.1) is 16.9 Å². The van der Waals surface area contributed by atoms with Gasteiger partial charge in [0.15, 0.2) is 5.82 Å². The zero-order chi connectivity index (χ0) is 27.9. The molecule has 0 unspecified atom stereocenters. The highest BCUT2D eigenvalue weighted by atomic mass is 14.9. The molecule has 0 aliphatic carbocycles. The number of pyridine rings is 1. The van der Waals surface area contributed by atoms with E-state index in [1.165, 1.54) is 32.7 Å². The molecule has 0 saturated heterocycles. The molecule has 0 spiro atoms. The third-order valence-corrected chi connectivity index (χ3v) is 7.88. The lowest BCUT2D eigenvalue weighted by Gasteiger charge is -2.12. The Morgan fingerprint density at radius 2 is 0.929 bits per heavy atom. The molecule has 196 valence electrons. The van der Waals surface area contributed by atoms with Crippen molar-refractivity contribution < 1.29 is 0 Å². The first-order valence-electron chi connectivity index (χ1n) is 14.1. The molecule has 0 saturated carbocycles. The molecule has 0 amide bonds. The summed E-state index contributed by atoms with van der Waals surface area (Å²) in [5.74, 6) is 0.613. The molecule has 8 aromatic rings. The Balaban J connectivity index is 1.26. The first kappa shape index (κ1) is 24.2. The van der Waals surface area contributed by atoms with Gasteiger partial charge in [-0.25, -0.2) is 15.0 Å². The maximum absolute atomic E-state index is 5.03. The molecule has 0 fully saturated rings. The lowest BCUT2D eigenvalue weighted by Crippen LogP contribution is -1.97. The first-order valence-corrected chi connectivity index (χ1v) is 14.1. The van der Waals surface area contributed by atoms with Crippen LogP contribution in [0.4, 0.5) is 0 Å². The minimum absolute atomic E-state index is 0.613. The van der Waals surface area contributed by atoms with Gasteiger partial charge in [0.25, 0.3) is 0 Å². The van der Waals surface area contributed by atoms with Crippen LogP contribution in [0, 0.1) is 0 Å². The predicted molar refractivity (Wildman–Crippen MR) is 174 cm³/mol. The lowest BCUT2D eigenvalue weighted by atomic mass is 9.93. The largest absolute Gasteiger partial charge is 0.244 e. The van der Waals surface area contributed by atoms with Gasteiger partial charge in [-0.3, -0.25) is 0 Å². The minimum atomic E-state index is 0.613. The Morgan fingerprint density at radius 1 is 0.333 bits per heavy atom. The second-order valence-electron chi connectivity index (χ2n) is 10.5. The van der Waals surface area contributed by atoms with E-state index in [4.69, 9.17) is 15.0 Å². The molecule has 0 aliphatic rings. The second-order valence-corrected chi connectivity index (χ2v) is 10.5. The van der Waals surface area contributed by atoms with Crippen LogP contribution in [-0.2, 0) is 0 Å². The normalized spacial score (nSPS) is 11.3. The molecule has 2 heterocycles. The summed E-state index contributed by atoms with van der Waals surface area (Å²) in [5, 5.41) is 6.13. The average molecular weight is 536 g/mol. The first-order chi connectivity index (χ1) is 20.8. The third kappa shape index (κ3) is 4.29. The smallest absolute Gasteiger partial charge is 0.179 e. The van der Waals surface area contributed by atoms with Gasteiger partial charge in [-0.15, -0.1) is 0 Å². The van der Waals surface area contributed by atoms with E-state index in [2.05, 4.69) is 109 Å². The average Bonchev–Trinajstić information content (AvgIpc) is 3.08. The van der Waals surface area contributed by atoms with Crippen LogP contribution < -0.4 is 0 Å². The van der Waals surface area contributed by atoms with Gasteiger partial charge in [-0.2, -0.15) is 0 Å². The van der Waals surface area contributed by atoms with Gasteiger partial charge in [0.1, 0.15) is 5.69 Å². The zero-order valence-electron chi connectivity index (χ0n) is 22.8. The van der Waals surface area contributed by atoms with E-state index in [0.717, 1.165) is 39.1 Å². The van der Waals surface area contributed by atoms with Crippen molar-refractivity contribution in [3.05, 3.63) is 152 Å². The fraction of sp³-hybridized carbons (Fsp3) is 0. The van der Waals surface area contributed by atoms with Crippen LogP contribution in [0.3, 0.4) is 0 Å². The van der Waals surface area contributed by atoms with E-state index in [0.29, 0.717) is 5.82 Å². The number of fused-ring (bicyclic) bond motifs is 4. The standard InChI is InChI=1S/C39H25N3/c1-2-10-27(11-3-1)37-25-38(42-39(41-37)36-23-22-28-12-5-9-17-35(28)40-36)29-20-18-26(19-21-29)34-24-30-13-4-6-14-31(30)32-15-7-8-16-33(32)34/h1-25H. The minimum Gasteiger partial charge on any atom is -0.244 e.